The summed E-state index contributed by atoms with van der Waals surface area (Å²) < 4.78 is 2.25. The summed E-state index contributed by atoms with van der Waals surface area (Å²) in [5.74, 6) is 0. The molecule has 124 valence electrons. The van der Waals surface area contributed by atoms with Gasteiger partial charge in [-0.2, -0.15) is 0 Å². The highest BCUT2D eigenvalue weighted by atomic mass is 16.3. The average Bonchev–Trinajstić information content (AvgIpc) is 2.89. The van der Waals surface area contributed by atoms with Crippen molar-refractivity contribution in [1.29, 1.82) is 0 Å². The lowest BCUT2D eigenvalue weighted by molar-refractivity contribution is 0.0381. The first-order valence-electron chi connectivity index (χ1n) is 8.31. The molecule has 0 aromatic carbocycles. The zero-order valence-electron chi connectivity index (χ0n) is 14.1. The maximum atomic E-state index is 11.1. The van der Waals surface area contributed by atoms with Gasteiger partial charge in [0, 0.05) is 54.7 Å². The molecule has 0 fully saturated rings. The number of aromatic nitrogens is 3. The van der Waals surface area contributed by atoms with Crippen LogP contribution in [0.3, 0.4) is 0 Å². The van der Waals surface area contributed by atoms with Crippen molar-refractivity contribution < 1.29 is 5.11 Å². The fraction of sp³-hybridized carbons (Fsp3) is 0.368. The average molecular weight is 322 g/mol. The monoisotopic (exact) mass is 322 g/mol. The van der Waals surface area contributed by atoms with Crippen molar-refractivity contribution in [2.45, 2.75) is 32.0 Å². The lowest BCUT2D eigenvalue weighted by Gasteiger charge is -2.28. The highest BCUT2D eigenvalue weighted by Crippen LogP contribution is 2.33. The zero-order chi connectivity index (χ0) is 16.7. The minimum absolute atomic E-state index is 0.500. The molecule has 0 aliphatic carbocycles. The Bertz CT molecular complexity index is 870. The fourth-order valence-corrected chi connectivity index (χ4v) is 3.69. The van der Waals surface area contributed by atoms with Crippen molar-refractivity contribution in [3.63, 3.8) is 0 Å². The predicted octanol–water partition coefficient (Wildman–Crippen LogP) is 2.33. The number of likely N-dealkylation sites (N-methyl/N-ethyl adjacent to an activating group) is 1. The van der Waals surface area contributed by atoms with Crippen molar-refractivity contribution in [3.8, 4) is 0 Å². The van der Waals surface area contributed by atoms with Gasteiger partial charge >= 0.3 is 0 Å². The lowest BCUT2D eigenvalue weighted by Crippen LogP contribution is -2.31. The maximum absolute atomic E-state index is 11.1. The van der Waals surface area contributed by atoms with Crippen LogP contribution in [0.1, 0.15) is 23.7 Å². The first-order chi connectivity index (χ1) is 11.6. The van der Waals surface area contributed by atoms with Crippen LogP contribution in [0.25, 0.3) is 10.9 Å². The normalized spacial score (nSPS) is 17.6. The van der Waals surface area contributed by atoms with Crippen molar-refractivity contribution in [1.82, 2.24) is 19.4 Å². The van der Waals surface area contributed by atoms with Gasteiger partial charge in [-0.3, -0.25) is 9.97 Å². The van der Waals surface area contributed by atoms with Gasteiger partial charge in [-0.25, -0.2) is 0 Å². The first-order valence-corrected chi connectivity index (χ1v) is 8.31. The summed E-state index contributed by atoms with van der Waals surface area (Å²) in [6.45, 7) is 4.33. The second kappa shape index (κ2) is 5.69. The molecular weight excluding hydrogens is 300 g/mol. The van der Waals surface area contributed by atoms with Crippen LogP contribution in [-0.4, -0.2) is 38.1 Å². The number of rotatable bonds is 3. The maximum Gasteiger partial charge on any atom is 0.106 e. The van der Waals surface area contributed by atoms with Crippen LogP contribution in [0, 0.1) is 0 Å². The van der Waals surface area contributed by atoms with E-state index in [1.54, 1.807) is 12.4 Å². The molecule has 0 saturated carbocycles. The fourth-order valence-electron chi connectivity index (χ4n) is 3.69. The third-order valence-corrected chi connectivity index (χ3v) is 5.00. The molecule has 0 amide bonds. The van der Waals surface area contributed by atoms with Crippen LogP contribution in [0.4, 0.5) is 0 Å². The molecule has 1 atom stereocenters. The number of nitrogens with zero attached hydrogens (tertiary/aromatic N) is 4. The Kier molecular flexibility index (Phi) is 3.62. The molecule has 4 rings (SSSR count). The Balaban J connectivity index is 1.83. The Hall–Kier alpha value is -2.24. The number of pyridine rings is 2. The summed E-state index contributed by atoms with van der Waals surface area (Å²) in [5.41, 5.74) is 3.63. The van der Waals surface area contributed by atoms with Gasteiger partial charge in [0.05, 0.1) is 18.3 Å². The molecule has 0 radical (unpaired) electrons. The molecule has 3 aromatic heterocycles. The van der Waals surface area contributed by atoms with E-state index < -0.39 is 5.60 Å². The van der Waals surface area contributed by atoms with E-state index >= 15 is 0 Å². The lowest BCUT2D eigenvalue weighted by atomic mass is 9.97. The second-order valence-corrected chi connectivity index (χ2v) is 6.91. The molecule has 4 heterocycles. The topological polar surface area (TPSA) is 54.2 Å². The quantitative estimate of drug-likeness (QED) is 0.804. The summed E-state index contributed by atoms with van der Waals surface area (Å²) in [7, 11) is 2.15. The third-order valence-electron chi connectivity index (χ3n) is 5.00. The molecule has 1 aliphatic rings. The van der Waals surface area contributed by atoms with Crippen molar-refractivity contribution >= 4 is 10.9 Å². The Morgan fingerprint density at radius 2 is 2.04 bits per heavy atom. The van der Waals surface area contributed by atoms with E-state index in [1.165, 1.54) is 16.6 Å². The third kappa shape index (κ3) is 2.50. The Labute approximate surface area is 141 Å². The van der Waals surface area contributed by atoms with Gasteiger partial charge in [0.1, 0.15) is 5.60 Å². The van der Waals surface area contributed by atoms with E-state index in [0.717, 1.165) is 30.6 Å². The van der Waals surface area contributed by atoms with Gasteiger partial charge in [0.2, 0.25) is 0 Å². The minimum atomic E-state index is -0.979. The van der Waals surface area contributed by atoms with Crippen molar-refractivity contribution in [3.05, 3.63) is 59.8 Å². The van der Waals surface area contributed by atoms with Gasteiger partial charge in [-0.05, 0) is 31.7 Å². The number of fused-ring (bicyclic) bond motifs is 3. The van der Waals surface area contributed by atoms with Crippen LogP contribution < -0.4 is 0 Å². The van der Waals surface area contributed by atoms with E-state index in [9.17, 15) is 5.11 Å². The van der Waals surface area contributed by atoms with E-state index in [2.05, 4.69) is 32.5 Å². The minimum Gasteiger partial charge on any atom is -0.384 e. The predicted molar refractivity (Wildman–Crippen MR) is 93.6 cm³/mol. The molecule has 1 unspecified atom stereocenters. The highest BCUT2D eigenvalue weighted by Gasteiger charge is 2.29. The van der Waals surface area contributed by atoms with E-state index in [1.807, 2.05) is 31.5 Å². The van der Waals surface area contributed by atoms with Gasteiger partial charge in [-0.15, -0.1) is 0 Å². The summed E-state index contributed by atoms with van der Waals surface area (Å²) in [5, 5.41) is 12.3. The molecule has 1 aliphatic heterocycles. The molecule has 0 spiro atoms. The van der Waals surface area contributed by atoms with Crippen LogP contribution in [0.2, 0.25) is 0 Å². The summed E-state index contributed by atoms with van der Waals surface area (Å²) >= 11 is 0. The summed E-state index contributed by atoms with van der Waals surface area (Å²) in [4.78, 5) is 10.8. The highest BCUT2D eigenvalue weighted by molar-refractivity contribution is 5.85. The Morgan fingerprint density at radius 3 is 2.83 bits per heavy atom. The molecule has 1 N–H and O–H groups in total. The van der Waals surface area contributed by atoms with Gasteiger partial charge < -0.3 is 14.6 Å². The molecule has 24 heavy (non-hydrogen) atoms. The molecule has 0 bridgehead atoms. The van der Waals surface area contributed by atoms with Gasteiger partial charge in [0.25, 0.3) is 0 Å². The van der Waals surface area contributed by atoms with Crippen molar-refractivity contribution in [2.75, 3.05) is 13.6 Å². The van der Waals surface area contributed by atoms with Gasteiger partial charge in [-0.1, -0.05) is 6.07 Å². The SMILES string of the molecule is CN1CCc2c(c3ccncc3n2CC(C)(O)c2cccnc2)C1. The summed E-state index contributed by atoms with van der Waals surface area (Å²) in [6, 6.07) is 5.88. The zero-order valence-corrected chi connectivity index (χ0v) is 14.1. The van der Waals surface area contributed by atoms with Crippen LogP contribution >= 0.6 is 0 Å². The van der Waals surface area contributed by atoms with Crippen molar-refractivity contribution in [2.24, 2.45) is 0 Å². The number of hydrogen-bond donors (Lipinski definition) is 1. The van der Waals surface area contributed by atoms with Crippen LogP contribution in [-0.2, 0) is 25.1 Å². The van der Waals surface area contributed by atoms with Crippen LogP contribution in [0.5, 0.6) is 0 Å². The van der Waals surface area contributed by atoms with E-state index in [-0.39, 0.29) is 0 Å². The van der Waals surface area contributed by atoms with Gasteiger partial charge in [0.15, 0.2) is 0 Å². The molecule has 5 nitrogen and oxygen atoms in total. The largest absolute Gasteiger partial charge is 0.384 e. The second-order valence-electron chi connectivity index (χ2n) is 6.91. The smallest absolute Gasteiger partial charge is 0.106 e. The van der Waals surface area contributed by atoms with E-state index in [0.29, 0.717) is 6.54 Å². The summed E-state index contributed by atoms with van der Waals surface area (Å²) in [6.07, 6.45) is 8.22. The number of hydrogen-bond acceptors (Lipinski definition) is 4. The first kappa shape index (κ1) is 15.3. The Morgan fingerprint density at radius 1 is 1.21 bits per heavy atom. The molecular formula is C19H22N4O. The molecule has 3 aromatic rings. The standard InChI is InChI=1S/C19H22N4O/c1-19(24,14-4-3-7-20-10-14)13-23-17-6-9-22(2)12-16(17)15-5-8-21-11-18(15)23/h3-5,7-8,10-11,24H,6,9,12-13H2,1-2H3. The molecule has 0 saturated heterocycles. The van der Waals surface area contributed by atoms with Crippen LogP contribution in [0.15, 0.2) is 43.0 Å². The van der Waals surface area contributed by atoms with E-state index in [4.69, 9.17) is 0 Å². The number of aliphatic hydroxyl groups is 1. The molecule has 5 heteroatoms.